The molecule has 1 heterocycles. The van der Waals surface area contributed by atoms with E-state index in [0.717, 1.165) is 26.7 Å². The molecule has 1 aromatic heterocycles. The summed E-state index contributed by atoms with van der Waals surface area (Å²) in [5, 5.41) is 0.939. The molecule has 14 heavy (non-hydrogen) atoms. The first-order valence-electron chi connectivity index (χ1n) is 4.42. The zero-order valence-corrected chi connectivity index (χ0v) is 9.95. The van der Waals surface area contributed by atoms with Crippen molar-refractivity contribution < 1.29 is 0 Å². The molecule has 1 aromatic carbocycles. The van der Waals surface area contributed by atoms with Gasteiger partial charge in [0.15, 0.2) is 0 Å². The lowest BCUT2D eigenvalue weighted by molar-refractivity contribution is 0.966. The summed E-state index contributed by atoms with van der Waals surface area (Å²) in [7, 11) is 0. The van der Waals surface area contributed by atoms with Crippen LogP contribution in [-0.2, 0) is 6.42 Å². The Morgan fingerprint density at radius 1 is 1.36 bits per heavy atom. The van der Waals surface area contributed by atoms with Crippen molar-refractivity contribution in [2.24, 2.45) is 0 Å². The molecule has 0 bridgehead atoms. The second-order valence-corrected chi connectivity index (χ2v) is 4.29. The van der Waals surface area contributed by atoms with Gasteiger partial charge in [-0.05, 0) is 40.8 Å². The number of nitrogens with zero attached hydrogens (tertiary/aromatic N) is 2. The number of aromatic nitrogens is 2. The Bertz CT molecular complexity index is 482. The van der Waals surface area contributed by atoms with Gasteiger partial charge in [0.25, 0.3) is 0 Å². The zero-order valence-electron chi connectivity index (χ0n) is 7.79. The van der Waals surface area contributed by atoms with Crippen LogP contribution in [0.25, 0.3) is 10.9 Å². The Labute approximate surface area is 95.9 Å². The molecule has 0 spiro atoms. The van der Waals surface area contributed by atoms with Gasteiger partial charge in [0.05, 0.1) is 5.52 Å². The fourth-order valence-electron chi connectivity index (χ4n) is 1.33. The number of anilines is 1. The van der Waals surface area contributed by atoms with Gasteiger partial charge in [-0.3, -0.25) is 0 Å². The van der Waals surface area contributed by atoms with E-state index in [9.17, 15) is 0 Å². The lowest BCUT2D eigenvalue weighted by Crippen LogP contribution is -1.99. The standard InChI is InChI=1S/C10H10IN3/c1-2-9-13-8-4-3-6(11)5-7(8)10(12)14-9/h3-5H,2H2,1H3,(H2,12,13,14). The summed E-state index contributed by atoms with van der Waals surface area (Å²) in [6.45, 7) is 2.02. The summed E-state index contributed by atoms with van der Waals surface area (Å²) in [5.74, 6) is 1.38. The van der Waals surface area contributed by atoms with Crippen LogP contribution in [-0.4, -0.2) is 9.97 Å². The van der Waals surface area contributed by atoms with E-state index in [1.807, 2.05) is 25.1 Å². The number of benzene rings is 1. The average molecular weight is 299 g/mol. The van der Waals surface area contributed by atoms with Gasteiger partial charge in [-0.15, -0.1) is 0 Å². The number of fused-ring (bicyclic) bond motifs is 1. The van der Waals surface area contributed by atoms with Gasteiger partial charge in [-0.2, -0.15) is 0 Å². The number of halogens is 1. The lowest BCUT2D eigenvalue weighted by Gasteiger charge is -2.03. The molecule has 0 saturated heterocycles. The third-order valence-corrected chi connectivity index (χ3v) is 2.72. The van der Waals surface area contributed by atoms with Crippen LogP contribution in [0.1, 0.15) is 12.7 Å². The Hall–Kier alpha value is -0.910. The Morgan fingerprint density at radius 2 is 2.14 bits per heavy atom. The highest BCUT2D eigenvalue weighted by Gasteiger charge is 2.03. The molecular weight excluding hydrogens is 289 g/mol. The monoisotopic (exact) mass is 299 g/mol. The van der Waals surface area contributed by atoms with E-state index in [4.69, 9.17) is 5.73 Å². The SMILES string of the molecule is CCc1nc(N)c2cc(I)ccc2n1. The van der Waals surface area contributed by atoms with Crippen LogP contribution in [0.5, 0.6) is 0 Å². The maximum atomic E-state index is 5.85. The normalized spacial score (nSPS) is 10.7. The molecule has 0 unspecified atom stereocenters. The van der Waals surface area contributed by atoms with Crippen molar-refractivity contribution in [2.45, 2.75) is 13.3 Å². The van der Waals surface area contributed by atoms with Crippen LogP contribution in [0.2, 0.25) is 0 Å². The molecule has 0 aliphatic carbocycles. The van der Waals surface area contributed by atoms with Gasteiger partial charge < -0.3 is 5.73 Å². The molecule has 4 heteroatoms. The van der Waals surface area contributed by atoms with Crippen molar-refractivity contribution in [1.82, 2.24) is 9.97 Å². The van der Waals surface area contributed by atoms with E-state index >= 15 is 0 Å². The number of hydrogen-bond donors (Lipinski definition) is 1. The summed E-state index contributed by atoms with van der Waals surface area (Å²) in [6, 6.07) is 6.01. The molecule has 2 N–H and O–H groups in total. The third-order valence-electron chi connectivity index (χ3n) is 2.05. The molecule has 0 aliphatic heterocycles. The minimum Gasteiger partial charge on any atom is -0.383 e. The quantitative estimate of drug-likeness (QED) is 0.823. The van der Waals surface area contributed by atoms with Gasteiger partial charge in [0.1, 0.15) is 11.6 Å². The predicted molar refractivity (Wildman–Crippen MR) is 66.0 cm³/mol. The van der Waals surface area contributed by atoms with Gasteiger partial charge in [-0.1, -0.05) is 6.92 Å². The van der Waals surface area contributed by atoms with Crippen LogP contribution in [0.15, 0.2) is 18.2 Å². The van der Waals surface area contributed by atoms with Crippen molar-refractivity contribution in [3.05, 3.63) is 27.6 Å². The number of nitrogen functional groups attached to an aromatic ring is 1. The summed E-state index contributed by atoms with van der Waals surface area (Å²) in [6.07, 6.45) is 0.812. The van der Waals surface area contributed by atoms with Crippen molar-refractivity contribution >= 4 is 39.3 Å². The van der Waals surface area contributed by atoms with Crippen LogP contribution in [0.4, 0.5) is 5.82 Å². The molecule has 2 aromatic rings. The molecule has 0 radical (unpaired) electrons. The zero-order chi connectivity index (χ0) is 10.1. The maximum Gasteiger partial charge on any atom is 0.135 e. The minimum atomic E-state index is 0.574. The van der Waals surface area contributed by atoms with E-state index in [1.165, 1.54) is 0 Å². The fraction of sp³-hybridized carbons (Fsp3) is 0.200. The Balaban J connectivity index is 2.76. The van der Waals surface area contributed by atoms with Crippen LogP contribution in [0, 0.1) is 3.57 Å². The van der Waals surface area contributed by atoms with E-state index in [1.54, 1.807) is 0 Å². The summed E-state index contributed by atoms with van der Waals surface area (Å²) >= 11 is 2.25. The van der Waals surface area contributed by atoms with Crippen molar-refractivity contribution in [3.8, 4) is 0 Å². The molecule has 2 rings (SSSR count). The van der Waals surface area contributed by atoms with Crippen molar-refractivity contribution in [1.29, 1.82) is 0 Å². The molecule has 0 saturated carbocycles. The van der Waals surface area contributed by atoms with E-state index in [-0.39, 0.29) is 0 Å². The van der Waals surface area contributed by atoms with E-state index in [0.29, 0.717) is 5.82 Å². The van der Waals surface area contributed by atoms with Gasteiger partial charge in [0, 0.05) is 15.4 Å². The van der Waals surface area contributed by atoms with Crippen molar-refractivity contribution in [3.63, 3.8) is 0 Å². The smallest absolute Gasteiger partial charge is 0.135 e. The second-order valence-electron chi connectivity index (χ2n) is 3.04. The molecule has 72 valence electrons. The van der Waals surface area contributed by atoms with Crippen LogP contribution < -0.4 is 5.73 Å². The van der Waals surface area contributed by atoms with Gasteiger partial charge >= 0.3 is 0 Å². The highest BCUT2D eigenvalue weighted by Crippen LogP contribution is 2.20. The maximum absolute atomic E-state index is 5.85. The van der Waals surface area contributed by atoms with Gasteiger partial charge in [-0.25, -0.2) is 9.97 Å². The predicted octanol–water partition coefficient (Wildman–Crippen LogP) is 2.38. The molecule has 0 amide bonds. The summed E-state index contributed by atoms with van der Waals surface area (Å²) in [4.78, 5) is 8.63. The van der Waals surface area contributed by atoms with Crippen molar-refractivity contribution in [2.75, 3.05) is 5.73 Å². The summed E-state index contributed by atoms with van der Waals surface area (Å²) in [5.41, 5.74) is 6.77. The van der Waals surface area contributed by atoms with E-state index < -0.39 is 0 Å². The average Bonchev–Trinajstić information content (AvgIpc) is 2.19. The van der Waals surface area contributed by atoms with Gasteiger partial charge in [0.2, 0.25) is 0 Å². The molecule has 0 atom stereocenters. The molecule has 0 fully saturated rings. The topological polar surface area (TPSA) is 51.8 Å². The summed E-state index contributed by atoms with van der Waals surface area (Å²) < 4.78 is 1.15. The highest BCUT2D eigenvalue weighted by molar-refractivity contribution is 14.1. The van der Waals surface area contributed by atoms with Crippen LogP contribution in [0.3, 0.4) is 0 Å². The third kappa shape index (κ3) is 1.66. The number of hydrogen-bond acceptors (Lipinski definition) is 3. The molecule has 0 aliphatic rings. The van der Waals surface area contributed by atoms with Crippen LogP contribution >= 0.6 is 22.6 Å². The molecule has 3 nitrogen and oxygen atoms in total. The molecular formula is C10H10IN3. The Kier molecular flexibility index (Phi) is 2.54. The highest BCUT2D eigenvalue weighted by atomic mass is 127. The second kappa shape index (κ2) is 3.68. The first-order chi connectivity index (χ1) is 6.70. The largest absolute Gasteiger partial charge is 0.383 e. The number of rotatable bonds is 1. The lowest BCUT2D eigenvalue weighted by atomic mass is 10.2. The first kappa shape index (κ1) is 9.64. The Morgan fingerprint density at radius 3 is 2.86 bits per heavy atom. The fourth-order valence-corrected chi connectivity index (χ4v) is 1.82. The first-order valence-corrected chi connectivity index (χ1v) is 5.50. The van der Waals surface area contributed by atoms with E-state index in [2.05, 4.69) is 32.6 Å². The minimum absolute atomic E-state index is 0.574. The number of nitrogens with two attached hydrogens (primary N) is 1. The number of aryl methyl sites for hydroxylation is 1.